The van der Waals surface area contributed by atoms with Crippen molar-refractivity contribution in [2.45, 2.75) is 19.9 Å². The van der Waals surface area contributed by atoms with E-state index in [1.54, 1.807) is 12.1 Å². The van der Waals surface area contributed by atoms with E-state index in [1.165, 1.54) is 17.7 Å². The molecule has 0 unspecified atom stereocenters. The van der Waals surface area contributed by atoms with E-state index in [-0.39, 0.29) is 12.0 Å². The Morgan fingerprint density at radius 1 is 0.900 bits per heavy atom. The van der Waals surface area contributed by atoms with Crippen LogP contribution in [-0.2, 0) is 4.74 Å². The molecule has 4 heteroatoms. The number of carbonyl (C=O) groups is 1. The summed E-state index contributed by atoms with van der Waals surface area (Å²) in [4.78, 5) is 16.6. The van der Waals surface area contributed by atoms with Crippen molar-refractivity contribution in [3.63, 3.8) is 0 Å². The van der Waals surface area contributed by atoms with Gasteiger partial charge >= 0.3 is 5.97 Å². The highest BCUT2D eigenvalue weighted by Crippen LogP contribution is 2.36. The second-order valence-electron chi connectivity index (χ2n) is 7.48. The van der Waals surface area contributed by atoms with E-state index in [9.17, 15) is 4.79 Å². The van der Waals surface area contributed by atoms with Crippen molar-refractivity contribution < 1.29 is 9.53 Å². The number of hydrogen-bond donors (Lipinski definition) is 0. The first-order valence-corrected chi connectivity index (χ1v) is 11.7. The van der Waals surface area contributed by atoms with Crippen LogP contribution in [0.5, 0.6) is 0 Å². The fraction of sp³-hybridized carbons (Fsp3) is 0.231. The SMILES string of the molecule is COC(=O)c1ccc(C=N[C@H](CP(c2ccccc2)c2ccccc2)C(C)C)cc1. The first-order valence-electron chi connectivity index (χ1n) is 10.2. The van der Waals surface area contributed by atoms with Gasteiger partial charge in [-0.05, 0) is 48.3 Å². The molecular weight excluding hydrogens is 389 g/mol. The largest absolute Gasteiger partial charge is 0.465 e. The van der Waals surface area contributed by atoms with Gasteiger partial charge in [-0.25, -0.2) is 4.79 Å². The molecule has 0 aliphatic rings. The minimum absolute atomic E-state index is 0.205. The van der Waals surface area contributed by atoms with Crippen molar-refractivity contribution in [2.24, 2.45) is 10.9 Å². The Morgan fingerprint density at radius 3 is 1.90 bits per heavy atom. The zero-order valence-corrected chi connectivity index (χ0v) is 18.6. The lowest BCUT2D eigenvalue weighted by Crippen LogP contribution is -2.24. The molecule has 0 aliphatic heterocycles. The Balaban J connectivity index is 1.82. The summed E-state index contributed by atoms with van der Waals surface area (Å²) in [5, 5.41) is 2.75. The number of benzene rings is 3. The lowest BCUT2D eigenvalue weighted by Gasteiger charge is -2.25. The van der Waals surface area contributed by atoms with Gasteiger partial charge in [0.05, 0.1) is 18.7 Å². The van der Waals surface area contributed by atoms with Crippen LogP contribution in [0.4, 0.5) is 0 Å². The van der Waals surface area contributed by atoms with E-state index in [4.69, 9.17) is 9.73 Å². The molecule has 0 heterocycles. The second-order valence-corrected chi connectivity index (χ2v) is 9.74. The van der Waals surface area contributed by atoms with Crippen molar-refractivity contribution in [3.05, 3.63) is 96.1 Å². The number of esters is 1. The summed E-state index contributed by atoms with van der Waals surface area (Å²) in [7, 11) is 0.897. The molecule has 0 bridgehead atoms. The van der Waals surface area contributed by atoms with Crippen LogP contribution < -0.4 is 10.6 Å². The predicted molar refractivity (Wildman–Crippen MR) is 128 cm³/mol. The highest BCUT2D eigenvalue weighted by Gasteiger charge is 2.21. The Labute approximate surface area is 180 Å². The van der Waals surface area contributed by atoms with Gasteiger partial charge in [0.2, 0.25) is 0 Å². The second kappa shape index (κ2) is 10.8. The van der Waals surface area contributed by atoms with Crippen molar-refractivity contribution >= 4 is 30.7 Å². The van der Waals surface area contributed by atoms with Gasteiger partial charge in [-0.3, -0.25) is 4.99 Å². The van der Waals surface area contributed by atoms with Gasteiger partial charge in [0.1, 0.15) is 0 Å². The van der Waals surface area contributed by atoms with Crippen LogP contribution in [0.3, 0.4) is 0 Å². The molecule has 0 spiro atoms. The van der Waals surface area contributed by atoms with Crippen LogP contribution in [0.2, 0.25) is 0 Å². The molecule has 0 saturated carbocycles. The van der Waals surface area contributed by atoms with Gasteiger partial charge in [0.25, 0.3) is 0 Å². The maximum absolute atomic E-state index is 11.6. The van der Waals surface area contributed by atoms with Crippen LogP contribution in [0.1, 0.15) is 29.8 Å². The molecule has 0 radical (unpaired) electrons. The van der Waals surface area contributed by atoms with Gasteiger partial charge < -0.3 is 4.74 Å². The highest BCUT2D eigenvalue weighted by atomic mass is 31.1. The normalized spacial score (nSPS) is 12.4. The van der Waals surface area contributed by atoms with Gasteiger partial charge in [-0.15, -0.1) is 0 Å². The summed E-state index contributed by atoms with van der Waals surface area (Å²) in [6.45, 7) is 4.46. The topological polar surface area (TPSA) is 38.7 Å². The molecule has 3 aromatic rings. The third kappa shape index (κ3) is 5.87. The van der Waals surface area contributed by atoms with E-state index < -0.39 is 7.92 Å². The third-order valence-electron chi connectivity index (χ3n) is 5.02. The average molecular weight is 417 g/mol. The molecule has 30 heavy (non-hydrogen) atoms. The number of nitrogens with zero attached hydrogens (tertiary/aromatic N) is 1. The first-order chi connectivity index (χ1) is 14.6. The lowest BCUT2D eigenvalue weighted by molar-refractivity contribution is 0.0600. The number of rotatable bonds is 8. The third-order valence-corrected chi connectivity index (χ3v) is 7.60. The van der Waals surface area contributed by atoms with Crippen LogP contribution in [0.15, 0.2) is 89.9 Å². The number of hydrogen-bond acceptors (Lipinski definition) is 3. The van der Waals surface area contributed by atoms with Gasteiger partial charge in [-0.2, -0.15) is 0 Å². The molecule has 1 atom stereocenters. The fourth-order valence-corrected chi connectivity index (χ4v) is 5.87. The number of methoxy groups -OCH3 is 1. The van der Waals surface area contributed by atoms with Gasteiger partial charge in [0, 0.05) is 6.21 Å². The molecule has 0 saturated heterocycles. The van der Waals surface area contributed by atoms with E-state index in [2.05, 4.69) is 74.5 Å². The summed E-state index contributed by atoms with van der Waals surface area (Å²) in [6.07, 6.45) is 2.92. The monoisotopic (exact) mass is 417 g/mol. The number of aliphatic imine (C=N–C) groups is 1. The molecule has 0 aliphatic carbocycles. The van der Waals surface area contributed by atoms with Crippen molar-refractivity contribution in [3.8, 4) is 0 Å². The summed E-state index contributed by atoms with van der Waals surface area (Å²) < 4.78 is 4.76. The standard InChI is InChI=1S/C26H28NO2P/c1-20(2)25(27-18-21-14-16-22(17-15-21)26(28)29-3)19-30(23-10-6-4-7-11-23)24-12-8-5-9-13-24/h4-18,20,25H,19H2,1-3H3/t25-/m1/s1. The zero-order valence-electron chi connectivity index (χ0n) is 17.7. The van der Waals surface area contributed by atoms with Crippen LogP contribution in [0, 0.1) is 5.92 Å². The van der Waals surface area contributed by atoms with Crippen LogP contribution in [-0.4, -0.2) is 31.5 Å². The molecular formula is C26H28NO2P. The summed E-state index contributed by atoms with van der Waals surface area (Å²) in [6, 6.07) is 29.1. The maximum Gasteiger partial charge on any atom is 0.337 e. The van der Waals surface area contributed by atoms with Crippen molar-refractivity contribution in [1.29, 1.82) is 0 Å². The molecule has 0 fully saturated rings. The number of carbonyl (C=O) groups excluding carboxylic acids is 1. The molecule has 0 aromatic heterocycles. The minimum atomic E-state index is -0.494. The molecule has 0 amide bonds. The lowest BCUT2D eigenvalue weighted by atomic mass is 10.1. The van der Waals surface area contributed by atoms with Crippen LogP contribution >= 0.6 is 7.92 Å². The smallest absolute Gasteiger partial charge is 0.337 e. The Hall–Kier alpha value is -2.77. The molecule has 154 valence electrons. The maximum atomic E-state index is 11.6. The van der Waals surface area contributed by atoms with Gasteiger partial charge in [-0.1, -0.05) is 86.6 Å². The first kappa shape index (κ1) is 21.9. The summed E-state index contributed by atoms with van der Waals surface area (Å²) >= 11 is 0. The Kier molecular flexibility index (Phi) is 7.93. The van der Waals surface area contributed by atoms with Crippen LogP contribution in [0.25, 0.3) is 0 Å². The molecule has 3 nitrogen and oxygen atoms in total. The van der Waals surface area contributed by atoms with E-state index >= 15 is 0 Å². The Morgan fingerprint density at radius 2 is 1.43 bits per heavy atom. The van der Waals surface area contributed by atoms with Gasteiger partial charge in [0.15, 0.2) is 0 Å². The zero-order chi connectivity index (χ0) is 21.3. The van der Waals surface area contributed by atoms with Crippen molar-refractivity contribution in [2.75, 3.05) is 13.3 Å². The fourth-order valence-electron chi connectivity index (χ4n) is 3.20. The molecule has 3 aromatic carbocycles. The van der Waals surface area contributed by atoms with E-state index in [1.807, 2.05) is 18.3 Å². The highest BCUT2D eigenvalue weighted by molar-refractivity contribution is 7.73. The molecule has 0 N–H and O–H groups in total. The van der Waals surface area contributed by atoms with E-state index in [0.29, 0.717) is 11.5 Å². The predicted octanol–water partition coefficient (Wildman–Crippen LogP) is 5.05. The Bertz CT molecular complexity index is 914. The van der Waals surface area contributed by atoms with E-state index in [0.717, 1.165) is 11.7 Å². The summed E-state index contributed by atoms with van der Waals surface area (Å²) in [5.41, 5.74) is 1.53. The van der Waals surface area contributed by atoms with Crippen molar-refractivity contribution in [1.82, 2.24) is 0 Å². The molecule has 3 rings (SSSR count). The average Bonchev–Trinajstić information content (AvgIpc) is 2.80. The summed E-state index contributed by atoms with van der Waals surface area (Å²) in [5.74, 6) is 0.0999. The minimum Gasteiger partial charge on any atom is -0.465 e. The number of ether oxygens (including phenoxy) is 1. The quantitative estimate of drug-likeness (QED) is 0.292.